The molecule has 1 N–H and O–H groups in total. The SMILES string of the molecule is C=N/C(OCC(C)(C)C(=O)N[C@@H]1CCN(C)C[C@@H]1C(C)C)=C(\C=C/C)C(F)(F)F. The second-order valence-corrected chi connectivity index (χ2v) is 8.59. The Morgan fingerprint density at radius 2 is 2.00 bits per heavy atom. The Hall–Kier alpha value is -1.83. The summed E-state index contributed by atoms with van der Waals surface area (Å²) in [5, 5.41) is 3.09. The van der Waals surface area contributed by atoms with Crippen LogP contribution < -0.4 is 5.32 Å². The number of nitrogens with one attached hydrogen (secondary N) is 1. The van der Waals surface area contributed by atoms with E-state index in [1.165, 1.54) is 13.0 Å². The number of ether oxygens (including phenoxy) is 1. The van der Waals surface area contributed by atoms with Gasteiger partial charge in [0.05, 0.1) is 5.41 Å². The first kappa shape index (κ1) is 25.2. The van der Waals surface area contributed by atoms with Gasteiger partial charge in [-0.05, 0) is 65.4 Å². The van der Waals surface area contributed by atoms with Crippen LogP contribution in [0.1, 0.15) is 41.0 Å². The second kappa shape index (κ2) is 10.3. The largest absolute Gasteiger partial charge is 0.476 e. The van der Waals surface area contributed by atoms with Crippen LogP contribution in [-0.2, 0) is 9.53 Å². The van der Waals surface area contributed by atoms with Gasteiger partial charge in [-0.1, -0.05) is 19.9 Å². The predicted octanol–water partition coefficient (Wildman–Crippen LogP) is 4.17. The molecule has 1 aliphatic heterocycles. The number of nitrogens with zero attached hydrogens (tertiary/aromatic N) is 2. The molecule has 1 rings (SSSR count). The molecule has 0 saturated carbocycles. The number of hydrogen-bond donors (Lipinski definition) is 1. The number of aliphatic imine (C=N–C) groups is 1. The van der Waals surface area contributed by atoms with E-state index in [-0.39, 0.29) is 18.6 Å². The summed E-state index contributed by atoms with van der Waals surface area (Å²) in [4.78, 5) is 18.5. The van der Waals surface area contributed by atoms with Crippen LogP contribution in [0.25, 0.3) is 0 Å². The Morgan fingerprint density at radius 1 is 1.38 bits per heavy atom. The zero-order chi connectivity index (χ0) is 22.4. The average molecular weight is 418 g/mol. The third-order valence-electron chi connectivity index (χ3n) is 5.23. The normalized spacial score (nSPS) is 22.6. The second-order valence-electron chi connectivity index (χ2n) is 8.59. The molecule has 8 heteroatoms. The van der Waals surface area contributed by atoms with E-state index in [1.54, 1.807) is 13.8 Å². The molecule has 1 saturated heterocycles. The molecule has 1 aliphatic rings. The van der Waals surface area contributed by atoms with Crippen molar-refractivity contribution in [1.82, 2.24) is 10.2 Å². The van der Waals surface area contributed by atoms with Gasteiger partial charge >= 0.3 is 6.18 Å². The molecule has 29 heavy (non-hydrogen) atoms. The van der Waals surface area contributed by atoms with Gasteiger partial charge in [0, 0.05) is 12.6 Å². The van der Waals surface area contributed by atoms with Gasteiger partial charge in [0.1, 0.15) is 12.2 Å². The highest BCUT2D eigenvalue weighted by Gasteiger charge is 2.38. The molecule has 0 radical (unpaired) electrons. The van der Waals surface area contributed by atoms with E-state index in [1.807, 2.05) is 0 Å². The number of piperidine rings is 1. The lowest BCUT2D eigenvalue weighted by molar-refractivity contribution is -0.133. The van der Waals surface area contributed by atoms with Crippen LogP contribution in [0.5, 0.6) is 0 Å². The summed E-state index contributed by atoms with van der Waals surface area (Å²) in [6.07, 6.45) is -1.67. The number of allylic oxidation sites excluding steroid dienone is 3. The van der Waals surface area contributed by atoms with Crippen molar-refractivity contribution in [3.05, 3.63) is 23.6 Å². The number of rotatable bonds is 8. The topological polar surface area (TPSA) is 53.9 Å². The van der Waals surface area contributed by atoms with Gasteiger partial charge in [-0.15, -0.1) is 0 Å². The van der Waals surface area contributed by atoms with Crippen molar-refractivity contribution in [3.8, 4) is 0 Å². The zero-order valence-electron chi connectivity index (χ0n) is 18.3. The fourth-order valence-corrected chi connectivity index (χ4v) is 3.35. The quantitative estimate of drug-likeness (QED) is 0.366. The Kier molecular flexibility index (Phi) is 8.93. The number of amides is 1. The summed E-state index contributed by atoms with van der Waals surface area (Å²) in [5.41, 5.74) is -2.06. The minimum absolute atomic E-state index is 0.0271. The first-order chi connectivity index (χ1) is 13.3. The van der Waals surface area contributed by atoms with E-state index >= 15 is 0 Å². The summed E-state index contributed by atoms with van der Waals surface area (Å²) in [6, 6.07) is 0.0271. The number of alkyl halides is 3. The molecule has 0 aliphatic carbocycles. The summed E-state index contributed by atoms with van der Waals surface area (Å²) in [6.45, 7) is 13.7. The Morgan fingerprint density at radius 3 is 2.48 bits per heavy atom. The van der Waals surface area contributed by atoms with E-state index in [0.717, 1.165) is 25.6 Å². The van der Waals surface area contributed by atoms with Gasteiger partial charge in [0.2, 0.25) is 11.8 Å². The molecule has 2 atom stereocenters. The summed E-state index contributed by atoms with van der Waals surface area (Å²) in [5.74, 6) is -0.167. The fraction of sp³-hybridized carbons (Fsp3) is 0.714. The minimum Gasteiger partial charge on any atom is -0.476 e. The molecule has 0 aromatic rings. The molecule has 0 aromatic carbocycles. The van der Waals surface area contributed by atoms with Crippen LogP contribution in [0.15, 0.2) is 28.6 Å². The first-order valence-corrected chi connectivity index (χ1v) is 9.86. The molecular formula is C21H34F3N3O2. The maximum atomic E-state index is 13.2. The molecule has 5 nitrogen and oxygen atoms in total. The van der Waals surface area contributed by atoms with Gasteiger partial charge in [0.25, 0.3) is 0 Å². The molecule has 1 heterocycles. The lowest BCUT2D eigenvalue weighted by Crippen LogP contribution is -2.54. The van der Waals surface area contributed by atoms with Crippen molar-refractivity contribution in [2.24, 2.45) is 22.2 Å². The number of hydrogen-bond acceptors (Lipinski definition) is 4. The number of likely N-dealkylation sites (tertiary alicyclic amines) is 1. The molecule has 0 unspecified atom stereocenters. The minimum atomic E-state index is -4.63. The van der Waals surface area contributed by atoms with Crippen LogP contribution in [0.4, 0.5) is 13.2 Å². The van der Waals surface area contributed by atoms with Crippen molar-refractivity contribution in [2.75, 3.05) is 26.7 Å². The lowest BCUT2D eigenvalue weighted by Gasteiger charge is -2.40. The van der Waals surface area contributed by atoms with Gasteiger partial charge in [0.15, 0.2) is 0 Å². The van der Waals surface area contributed by atoms with Gasteiger partial charge in [-0.3, -0.25) is 4.79 Å². The Balaban J connectivity index is 2.90. The van der Waals surface area contributed by atoms with Crippen molar-refractivity contribution >= 4 is 12.6 Å². The Labute approximate surface area is 172 Å². The van der Waals surface area contributed by atoms with Crippen LogP contribution in [0, 0.1) is 17.3 Å². The maximum Gasteiger partial charge on any atom is 0.421 e. The van der Waals surface area contributed by atoms with Crippen molar-refractivity contribution in [1.29, 1.82) is 0 Å². The van der Waals surface area contributed by atoms with Gasteiger partial charge < -0.3 is 15.0 Å². The van der Waals surface area contributed by atoms with E-state index in [2.05, 4.69) is 42.8 Å². The number of carbonyl (C=O) groups is 1. The van der Waals surface area contributed by atoms with Crippen molar-refractivity contribution < 1.29 is 22.7 Å². The van der Waals surface area contributed by atoms with Gasteiger partial charge in [-0.25, -0.2) is 4.99 Å². The van der Waals surface area contributed by atoms with Crippen LogP contribution >= 0.6 is 0 Å². The smallest absolute Gasteiger partial charge is 0.421 e. The van der Waals surface area contributed by atoms with Crippen LogP contribution in [0.3, 0.4) is 0 Å². The summed E-state index contributed by atoms with van der Waals surface area (Å²) in [7, 11) is 2.06. The van der Waals surface area contributed by atoms with E-state index < -0.39 is 23.0 Å². The third kappa shape index (κ3) is 7.17. The van der Waals surface area contributed by atoms with Crippen molar-refractivity contribution in [3.63, 3.8) is 0 Å². The lowest BCUT2D eigenvalue weighted by atomic mass is 9.82. The number of halogens is 3. The average Bonchev–Trinajstić information content (AvgIpc) is 2.61. The standard InChI is InChI=1S/C21H34F3N3O2/c1-8-9-16(21(22,23)24)18(25-6)29-13-20(4,5)19(28)26-17-10-11-27(7)12-15(17)14(2)3/h8-9,14-15,17H,6,10-13H2,1-5,7H3,(H,26,28)/b9-8-,18-16-/t15-,17-/m1/s1. The molecule has 166 valence electrons. The monoisotopic (exact) mass is 417 g/mol. The predicted molar refractivity (Wildman–Crippen MR) is 110 cm³/mol. The first-order valence-electron chi connectivity index (χ1n) is 9.86. The molecular weight excluding hydrogens is 383 g/mol. The summed E-state index contributed by atoms with van der Waals surface area (Å²) < 4.78 is 45.0. The van der Waals surface area contributed by atoms with E-state index in [0.29, 0.717) is 11.8 Å². The highest BCUT2D eigenvalue weighted by molar-refractivity contribution is 5.82. The molecule has 0 spiro atoms. The molecule has 0 bridgehead atoms. The molecule has 0 aromatic heterocycles. The molecule has 1 fully saturated rings. The van der Waals surface area contributed by atoms with Crippen LogP contribution in [-0.4, -0.2) is 56.5 Å². The maximum absolute atomic E-state index is 13.2. The highest BCUT2D eigenvalue weighted by Crippen LogP contribution is 2.31. The summed E-state index contributed by atoms with van der Waals surface area (Å²) >= 11 is 0. The van der Waals surface area contributed by atoms with Crippen molar-refractivity contribution in [2.45, 2.75) is 53.3 Å². The Bertz CT molecular complexity index is 640. The third-order valence-corrected chi connectivity index (χ3v) is 5.23. The molecule has 1 amide bonds. The van der Waals surface area contributed by atoms with Crippen LogP contribution in [0.2, 0.25) is 0 Å². The number of carbonyl (C=O) groups excluding carboxylic acids is 1. The van der Waals surface area contributed by atoms with Gasteiger partial charge in [-0.2, -0.15) is 13.2 Å². The highest BCUT2D eigenvalue weighted by atomic mass is 19.4. The zero-order valence-corrected chi connectivity index (χ0v) is 18.3. The fourth-order valence-electron chi connectivity index (χ4n) is 3.35. The van der Waals surface area contributed by atoms with E-state index in [4.69, 9.17) is 4.74 Å². The van der Waals surface area contributed by atoms with E-state index in [9.17, 15) is 18.0 Å².